The van der Waals surface area contributed by atoms with E-state index in [4.69, 9.17) is 25.5 Å². The molecule has 0 radical (unpaired) electrons. The van der Waals surface area contributed by atoms with E-state index in [1.54, 1.807) is 25.1 Å². The minimum atomic E-state index is -0.591. The van der Waals surface area contributed by atoms with E-state index in [1.807, 2.05) is 6.92 Å². The number of hydrogen-bond acceptors (Lipinski definition) is 8. The average molecular weight is 517 g/mol. The van der Waals surface area contributed by atoms with Gasteiger partial charge in [-0.25, -0.2) is 9.37 Å². The van der Waals surface area contributed by atoms with Crippen molar-refractivity contribution in [2.24, 2.45) is 5.41 Å². The number of benzene rings is 1. The molecule has 1 aliphatic carbocycles. The van der Waals surface area contributed by atoms with Crippen LogP contribution < -0.4 is 10.1 Å². The van der Waals surface area contributed by atoms with Gasteiger partial charge in [-0.1, -0.05) is 17.7 Å². The van der Waals surface area contributed by atoms with Crippen LogP contribution in [-0.2, 0) is 16.0 Å². The third-order valence-corrected chi connectivity index (χ3v) is 6.38. The van der Waals surface area contributed by atoms with Crippen LogP contribution in [0, 0.1) is 11.2 Å². The summed E-state index contributed by atoms with van der Waals surface area (Å²) >= 11 is 5.79. The Hall–Kier alpha value is -3.53. The topological polar surface area (TPSA) is 116 Å². The monoisotopic (exact) mass is 516 g/mol. The lowest BCUT2D eigenvalue weighted by molar-refractivity contribution is -0.157. The summed E-state index contributed by atoms with van der Waals surface area (Å²) in [5.74, 6) is -0.869. The molecule has 0 saturated heterocycles. The molecule has 1 aromatic carbocycles. The van der Waals surface area contributed by atoms with Gasteiger partial charge in [0, 0.05) is 6.07 Å². The number of pyridine rings is 1. The van der Waals surface area contributed by atoms with Crippen molar-refractivity contribution in [1.82, 2.24) is 15.2 Å². The van der Waals surface area contributed by atoms with E-state index in [-0.39, 0.29) is 35.3 Å². The number of carbonyl (C=O) groups excluding carboxylic acids is 2. The van der Waals surface area contributed by atoms with E-state index in [0.717, 1.165) is 12.8 Å². The Morgan fingerprint density at radius 2 is 2.00 bits per heavy atom. The molecule has 2 aromatic heterocycles. The summed E-state index contributed by atoms with van der Waals surface area (Å²) in [6.07, 6.45) is 4.44. The second-order valence-electron chi connectivity index (χ2n) is 8.86. The molecule has 4 rings (SSSR count). The largest absolute Gasteiger partial charge is 0.474 e. The summed E-state index contributed by atoms with van der Waals surface area (Å²) in [5, 5.41) is 10.3. The molecule has 11 heteroatoms. The summed E-state index contributed by atoms with van der Waals surface area (Å²) in [6.45, 7) is 4.11. The van der Waals surface area contributed by atoms with E-state index in [9.17, 15) is 14.0 Å². The molecule has 0 aliphatic heterocycles. The molecule has 36 heavy (non-hydrogen) atoms. The molecule has 9 nitrogen and oxygen atoms in total. The van der Waals surface area contributed by atoms with Crippen LogP contribution in [0.25, 0.3) is 0 Å². The third kappa shape index (κ3) is 6.17. The number of aromatic nitrogens is 3. The van der Waals surface area contributed by atoms with Gasteiger partial charge in [-0.2, -0.15) is 0 Å². The molecule has 1 saturated carbocycles. The number of hydrogen-bond donors (Lipinski definition) is 1. The Bertz CT molecular complexity index is 1230. The molecule has 0 unspecified atom stereocenters. The van der Waals surface area contributed by atoms with Crippen LogP contribution in [0.2, 0.25) is 5.02 Å². The minimum absolute atomic E-state index is 0.0106. The summed E-state index contributed by atoms with van der Waals surface area (Å²) in [4.78, 5) is 28.9. The zero-order valence-electron chi connectivity index (χ0n) is 19.9. The van der Waals surface area contributed by atoms with Crippen molar-refractivity contribution in [3.63, 3.8) is 0 Å². The van der Waals surface area contributed by atoms with E-state index in [2.05, 4.69) is 20.5 Å². The highest BCUT2D eigenvalue weighted by Crippen LogP contribution is 2.38. The lowest BCUT2D eigenvalue weighted by Gasteiger charge is -2.34. The van der Waals surface area contributed by atoms with E-state index in [1.165, 1.54) is 18.3 Å². The fourth-order valence-electron chi connectivity index (χ4n) is 3.98. The van der Waals surface area contributed by atoms with Crippen molar-refractivity contribution in [2.75, 3.05) is 11.9 Å². The molecule has 2 heterocycles. The molecule has 1 N–H and O–H groups in total. The van der Waals surface area contributed by atoms with Crippen LogP contribution in [0.4, 0.5) is 10.1 Å². The fourth-order valence-corrected chi connectivity index (χ4v) is 4.18. The summed E-state index contributed by atoms with van der Waals surface area (Å²) in [6, 6.07) is 7.57. The van der Waals surface area contributed by atoms with Crippen molar-refractivity contribution in [3.05, 3.63) is 64.7 Å². The van der Waals surface area contributed by atoms with Crippen molar-refractivity contribution in [3.8, 4) is 5.88 Å². The van der Waals surface area contributed by atoms with Crippen LogP contribution in [0.3, 0.4) is 0 Å². The number of rotatable bonds is 8. The lowest BCUT2D eigenvalue weighted by Crippen LogP contribution is -2.37. The average Bonchev–Trinajstić information content (AvgIpc) is 3.33. The molecule has 1 aliphatic rings. The first-order valence-corrected chi connectivity index (χ1v) is 12.0. The van der Waals surface area contributed by atoms with Gasteiger partial charge in [0.05, 0.1) is 35.3 Å². The zero-order valence-corrected chi connectivity index (χ0v) is 20.7. The number of halogens is 2. The van der Waals surface area contributed by atoms with Crippen LogP contribution in [0.15, 0.2) is 40.9 Å². The van der Waals surface area contributed by atoms with Crippen molar-refractivity contribution < 1.29 is 27.9 Å². The zero-order chi connectivity index (χ0) is 25.7. The van der Waals surface area contributed by atoms with E-state index < -0.39 is 17.1 Å². The van der Waals surface area contributed by atoms with Gasteiger partial charge in [-0.3, -0.25) is 9.59 Å². The second-order valence-corrected chi connectivity index (χ2v) is 9.27. The van der Waals surface area contributed by atoms with Crippen LogP contribution in [0.5, 0.6) is 5.88 Å². The van der Waals surface area contributed by atoms with Crippen molar-refractivity contribution in [1.29, 1.82) is 0 Å². The molecule has 190 valence electrons. The Labute approximate surface area is 212 Å². The number of anilines is 1. The standard InChI is InChI=1S/C25H26ClFN4O5/c1-3-34-24(33)25(2)10-8-17(9-11-25)35-20-7-5-16(14-28-20)29-22(32)23-31-30-21(36-23)13-15-4-6-19(27)18(26)12-15/h4-7,12,14,17H,3,8-11,13H2,1-2H3,(H,29,32). The maximum absolute atomic E-state index is 13.3. The second kappa shape index (κ2) is 11.0. The molecular formula is C25H26ClFN4O5. The van der Waals surface area contributed by atoms with E-state index in [0.29, 0.717) is 36.6 Å². The summed E-state index contributed by atoms with van der Waals surface area (Å²) in [7, 11) is 0. The van der Waals surface area contributed by atoms with Gasteiger partial charge < -0.3 is 19.2 Å². The quantitative estimate of drug-likeness (QED) is 0.416. The van der Waals surface area contributed by atoms with Crippen LogP contribution >= 0.6 is 11.6 Å². The number of esters is 1. The highest BCUT2D eigenvalue weighted by atomic mass is 35.5. The Morgan fingerprint density at radius 1 is 1.22 bits per heavy atom. The highest BCUT2D eigenvalue weighted by Gasteiger charge is 2.39. The predicted octanol–water partition coefficient (Wildman–Crippen LogP) is 4.99. The van der Waals surface area contributed by atoms with Gasteiger partial charge in [0.1, 0.15) is 11.9 Å². The van der Waals surface area contributed by atoms with Gasteiger partial charge in [0.15, 0.2) is 0 Å². The molecule has 0 bridgehead atoms. The number of carbonyl (C=O) groups is 2. The van der Waals surface area contributed by atoms with Gasteiger partial charge in [0.25, 0.3) is 0 Å². The maximum atomic E-state index is 13.3. The summed E-state index contributed by atoms with van der Waals surface area (Å²) in [5.41, 5.74) is 0.620. The summed E-state index contributed by atoms with van der Waals surface area (Å²) < 4.78 is 29.9. The van der Waals surface area contributed by atoms with Gasteiger partial charge in [0.2, 0.25) is 11.8 Å². The number of nitrogens with one attached hydrogen (secondary N) is 1. The molecule has 3 aromatic rings. The maximum Gasteiger partial charge on any atom is 0.313 e. The Morgan fingerprint density at radius 3 is 2.67 bits per heavy atom. The Kier molecular flexibility index (Phi) is 7.83. The number of amides is 1. The molecule has 0 spiro atoms. The first-order valence-electron chi connectivity index (χ1n) is 11.6. The fraction of sp³-hybridized carbons (Fsp3) is 0.400. The SMILES string of the molecule is CCOC(=O)C1(C)CCC(Oc2ccc(NC(=O)c3nnc(Cc4ccc(F)c(Cl)c4)o3)cn2)CC1. The van der Waals surface area contributed by atoms with Crippen molar-refractivity contribution in [2.45, 2.75) is 52.1 Å². The number of ether oxygens (including phenoxy) is 2. The highest BCUT2D eigenvalue weighted by molar-refractivity contribution is 6.30. The lowest BCUT2D eigenvalue weighted by atomic mass is 9.75. The smallest absolute Gasteiger partial charge is 0.313 e. The van der Waals surface area contributed by atoms with Gasteiger partial charge in [-0.05, 0) is 63.3 Å². The molecular weight excluding hydrogens is 491 g/mol. The normalized spacial score (nSPS) is 19.5. The minimum Gasteiger partial charge on any atom is -0.474 e. The molecule has 1 fully saturated rings. The molecule has 0 atom stereocenters. The number of nitrogens with zero attached hydrogens (tertiary/aromatic N) is 3. The third-order valence-electron chi connectivity index (χ3n) is 6.09. The Balaban J connectivity index is 1.28. The van der Waals surface area contributed by atoms with E-state index >= 15 is 0 Å². The van der Waals surface area contributed by atoms with Gasteiger partial charge in [-0.15, -0.1) is 10.2 Å². The van der Waals surface area contributed by atoms with Gasteiger partial charge >= 0.3 is 17.8 Å². The van der Waals surface area contributed by atoms with Crippen molar-refractivity contribution >= 4 is 29.2 Å². The first kappa shape index (κ1) is 25.6. The first-order chi connectivity index (χ1) is 17.3. The predicted molar refractivity (Wildman–Crippen MR) is 128 cm³/mol. The molecule has 1 amide bonds. The van der Waals surface area contributed by atoms with Crippen LogP contribution in [0.1, 0.15) is 61.7 Å². The van der Waals surface area contributed by atoms with Crippen LogP contribution in [-0.4, -0.2) is 39.8 Å².